The van der Waals surface area contributed by atoms with Gasteiger partial charge in [-0.25, -0.2) is 0 Å². The lowest BCUT2D eigenvalue weighted by Gasteiger charge is -2.35. The summed E-state index contributed by atoms with van der Waals surface area (Å²) in [7, 11) is 1.51. The molecule has 1 aromatic heterocycles. The van der Waals surface area contributed by atoms with Crippen LogP contribution in [0, 0.1) is 0 Å². The number of hydrogen-bond acceptors (Lipinski definition) is 3. The average Bonchev–Trinajstić information content (AvgIpc) is 3.47. The Kier molecular flexibility index (Phi) is 4.77. The van der Waals surface area contributed by atoms with Crippen LogP contribution in [0.25, 0.3) is 10.9 Å². The molecule has 1 aliphatic carbocycles. The molecule has 0 spiro atoms. The van der Waals surface area contributed by atoms with Crippen LogP contribution in [0.2, 0.25) is 0 Å². The Balaban J connectivity index is 1.73. The number of aliphatic hydroxyl groups is 1. The number of pyridine rings is 1. The van der Waals surface area contributed by atoms with Crippen LogP contribution < -0.4 is 4.74 Å². The highest BCUT2D eigenvalue weighted by molar-refractivity contribution is 5.81. The summed E-state index contributed by atoms with van der Waals surface area (Å²) in [5, 5.41) is 11.6. The van der Waals surface area contributed by atoms with E-state index in [2.05, 4.69) is 4.98 Å². The first-order valence-electron chi connectivity index (χ1n) is 9.53. The van der Waals surface area contributed by atoms with Crippen molar-refractivity contribution in [2.45, 2.75) is 42.9 Å². The van der Waals surface area contributed by atoms with E-state index in [4.69, 9.17) is 4.74 Å². The van der Waals surface area contributed by atoms with Gasteiger partial charge >= 0.3 is 6.18 Å². The smallest absolute Gasteiger partial charge is 0.417 e. The topological polar surface area (TPSA) is 42.4 Å². The number of para-hydroxylation sites is 2. The molecule has 4 rings (SSSR count). The Labute approximate surface area is 167 Å². The van der Waals surface area contributed by atoms with Crippen molar-refractivity contribution in [3.05, 3.63) is 71.9 Å². The number of fused-ring (bicyclic) bond motifs is 1. The van der Waals surface area contributed by atoms with Crippen LogP contribution in [0.4, 0.5) is 13.2 Å². The van der Waals surface area contributed by atoms with Gasteiger partial charge in [0.05, 0.1) is 12.6 Å². The molecule has 1 heterocycles. The largest absolute Gasteiger partial charge is 0.496 e. The van der Waals surface area contributed by atoms with Crippen LogP contribution in [0.15, 0.2) is 60.8 Å². The summed E-state index contributed by atoms with van der Waals surface area (Å²) in [4.78, 5) is 4.21. The molecule has 1 N–H and O–H groups in total. The second-order valence-corrected chi connectivity index (χ2v) is 7.85. The molecule has 0 amide bonds. The van der Waals surface area contributed by atoms with Crippen molar-refractivity contribution in [2.75, 3.05) is 7.11 Å². The summed E-state index contributed by atoms with van der Waals surface area (Å²) in [6, 6.07) is 15.7. The van der Waals surface area contributed by atoms with Crippen LogP contribution in [0.5, 0.6) is 5.75 Å². The first kappa shape index (κ1) is 19.7. The van der Waals surface area contributed by atoms with Crippen LogP contribution >= 0.6 is 0 Å². The maximum atomic E-state index is 14.1. The minimum atomic E-state index is -4.77. The molecular weight excluding hydrogens is 379 g/mol. The number of nitrogens with zero attached hydrogens (tertiary/aromatic N) is 1. The minimum Gasteiger partial charge on any atom is -0.496 e. The number of benzene rings is 2. The fourth-order valence-electron chi connectivity index (χ4n) is 4.22. The molecule has 1 atom stereocenters. The maximum Gasteiger partial charge on any atom is 0.417 e. The molecule has 3 nitrogen and oxygen atoms in total. The molecule has 0 aliphatic heterocycles. The molecule has 152 valence electrons. The highest BCUT2D eigenvalue weighted by atomic mass is 19.4. The first-order chi connectivity index (χ1) is 13.8. The lowest BCUT2D eigenvalue weighted by Crippen LogP contribution is -2.49. The number of methoxy groups -OCH3 is 1. The normalized spacial score (nSPS) is 17.7. The Bertz CT molecular complexity index is 1020. The molecule has 1 fully saturated rings. The minimum absolute atomic E-state index is 0.402. The van der Waals surface area contributed by atoms with Crippen molar-refractivity contribution in [3.63, 3.8) is 0 Å². The average molecular weight is 401 g/mol. The predicted molar refractivity (Wildman–Crippen MR) is 105 cm³/mol. The molecule has 3 aromatic rings. The van der Waals surface area contributed by atoms with Gasteiger partial charge < -0.3 is 9.84 Å². The quantitative estimate of drug-likeness (QED) is 0.617. The zero-order chi connectivity index (χ0) is 20.7. The molecule has 2 aromatic carbocycles. The lowest BCUT2D eigenvalue weighted by atomic mass is 9.79. The van der Waals surface area contributed by atoms with Crippen LogP contribution in [-0.4, -0.2) is 29.0 Å². The predicted octanol–water partition coefficient (Wildman–Crippen LogP) is 5.20. The number of rotatable bonds is 6. The number of aromatic nitrogens is 1. The zero-order valence-electron chi connectivity index (χ0n) is 16.0. The third-order valence-electron chi connectivity index (χ3n) is 5.91. The van der Waals surface area contributed by atoms with E-state index in [-0.39, 0.29) is 0 Å². The lowest BCUT2D eigenvalue weighted by molar-refractivity contribution is -0.264. The van der Waals surface area contributed by atoms with Crippen molar-refractivity contribution in [3.8, 4) is 5.75 Å². The number of halogens is 3. The summed E-state index contributed by atoms with van der Waals surface area (Å²) in [6.07, 6.45) is -3.03. The Morgan fingerprint density at radius 1 is 1.03 bits per heavy atom. The van der Waals surface area contributed by atoms with E-state index in [1.165, 1.54) is 13.3 Å². The van der Waals surface area contributed by atoms with Gasteiger partial charge in [-0.2, -0.15) is 13.2 Å². The summed E-state index contributed by atoms with van der Waals surface area (Å²) in [5.41, 5.74) is -1.81. The van der Waals surface area contributed by atoms with Gasteiger partial charge in [-0.05, 0) is 43.0 Å². The van der Waals surface area contributed by atoms with E-state index in [9.17, 15) is 18.3 Å². The molecule has 6 heteroatoms. The summed E-state index contributed by atoms with van der Waals surface area (Å²) in [5.74, 6) is 0.559. The highest BCUT2D eigenvalue weighted by Crippen LogP contribution is 2.58. The molecule has 29 heavy (non-hydrogen) atoms. The van der Waals surface area contributed by atoms with Gasteiger partial charge in [-0.3, -0.25) is 4.98 Å². The molecule has 0 saturated heterocycles. The number of hydrogen-bond donors (Lipinski definition) is 1. The van der Waals surface area contributed by atoms with Crippen molar-refractivity contribution in [1.82, 2.24) is 4.98 Å². The Hall–Kier alpha value is -2.60. The van der Waals surface area contributed by atoms with Crippen molar-refractivity contribution >= 4 is 10.9 Å². The summed E-state index contributed by atoms with van der Waals surface area (Å²) < 4.78 is 47.8. The van der Waals surface area contributed by atoms with Gasteiger partial charge in [0.2, 0.25) is 0 Å². The number of ether oxygens (including phenoxy) is 1. The maximum absolute atomic E-state index is 14.1. The Morgan fingerprint density at radius 2 is 1.72 bits per heavy atom. The molecular formula is C23H22F3NO2. The van der Waals surface area contributed by atoms with Crippen LogP contribution in [0.1, 0.15) is 30.4 Å². The van der Waals surface area contributed by atoms with Crippen LogP contribution in [-0.2, 0) is 11.8 Å². The van der Waals surface area contributed by atoms with E-state index in [0.717, 1.165) is 5.56 Å². The highest BCUT2D eigenvalue weighted by Gasteiger charge is 2.61. The van der Waals surface area contributed by atoms with Gasteiger partial charge in [0.15, 0.2) is 5.60 Å². The summed E-state index contributed by atoms with van der Waals surface area (Å²) in [6.45, 7) is 0. The first-order valence-corrected chi connectivity index (χ1v) is 9.53. The standard InChI is InChI=1S/C23H22F3NO2/c1-29-20-9-5-3-7-18(20)21(11-12-21)15-22(28,23(24,25)26)14-16-10-13-27-19-8-4-2-6-17(16)19/h2-10,13,28H,11-12,14-15H2,1H3. The number of alkyl halides is 3. The molecule has 0 radical (unpaired) electrons. The second kappa shape index (κ2) is 7.02. The molecule has 1 unspecified atom stereocenters. The van der Waals surface area contributed by atoms with Crippen molar-refractivity contribution < 1.29 is 23.0 Å². The van der Waals surface area contributed by atoms with E-state index < -0.39 is 30.0 Å². The molecule has 0 bridgehead atoms. The third kappa shape index (κ3) is 3.57. The van der Waals surface area contributed by atoms with Gasteiger partial charge in [0.1, 0.15) is 5.75 Å². The van der Waals surface area contributed by atoms with E-state index in [0.29, 0.717) is 35.1 Å². The van der Waals surface area contributed by atoms with E-state index in [1.807, 2.05) is 0 Å². The Morgan fingerprint density at radius 3 is 2.41 bits per heavy atom. The molecule has 1 saturated carbocycles. The van der Waals surface area contributed by atoms with Crippen molar-refractivity contribution in [2.24, 2.45) is 0 Å². The van der Waals surface area contributed by atoms with Gasteiger partial charge in [0.25, 0.3) is 0 Å². The zero-order valence-corrected chi connectivity index (χ0v) is 16.0. The van der Waals surface area contributed by atoms with Gasteiger partial charge in [-0.1, -0.05) is 36.4 Å². The van der Waals surface area contributed by atoms with Gasteiger partial charge in [0, 0.05) is 29.0 Å². The fraction of sp³-hybridized carbons (Fsp3) is 0.348. The second-order valence-electron chi connectivity index (χ2n) is 7.85. The van der Waals surface area contributed by atoms with Crippen molar-refractivity contribution in [1.29, 1.82) is 0 Å². The fourth-order valence-corrected chi connectivity index (χ4v) is 4.22. The third-order valence-corrected chi connectivity index (χ3v) is 5.91. The van der Waals surface area contributed by atoms with Gasteiger partial charge in [-0.15, -0.1) is 0 Å². The van der Waals surface area contributed by atoms with E-state index in [1.54, 1.807) is 54.6 Å². The summed E-state index contributed by atoms with van der Waals surface area (Å²) >= 11 is 0. The molecule has 1 aliphatic rings. The van der Waals surface area contributed by atoms with E-state index >= 15 is 0 Å². The monoisotopic (exact) mass is 401 g/mol. The SMILES string of the molecule is COc1ccccc1C1(CC(O)(Cc2ccnc3ccccc23)C(F)(F)F)CC1. The van der Waals surface area contributed by atoms with Crippen LogP contribution in [0.3, 0.4) is 0 Å².